The lowest BCUT2D eigenvalue weighted by atomic mass is 10.4. The second-order valence-corrected chi connectivity index (χ2v) is 5.91. The van der Waals surface area contributed by atoms with Crippen molar-refractivity contribution in [3.63, 3.8) is 0 Å². The summed E-state index contributed by atoms with van der Waals surface area (Å²) in [4.78, 5) is 8.89. The predicted octanol–water partition coefficient (Wildman–Crippen LogP) is 3.21. The van der Waals surface area contributed by atoms with Crippen LogP contribution in [0.3, 0.4) is 0 Å². The second-order valence-electron chi connectivity index (χ2n) is 3.90. The van der Waals surface area contributed by atoms with Gasteiger partial charge in [0.1, 0.15) is 5.01 Å². The molecule has 0 fully saturated rings. The van der Waals surface area contributed by atoms with Crippen LogP contribution in [0.4, 0.5) is 0 Å². The van der Waals surface area contributed by atoms with E-state index in [0.29, 0.717) is 0 Å². The zero-order valence-corrected chi connectivity index (χ0v) is 12.3. The Kier molecular flexibility index (Phi) is 6.07. The van der Waals surface area contributed by atoms with E-state index in [0.717, 1.165) is 41.0 Å². The van der Waals surface area contributed by atoms with E-state index in [1.54, 1.807) is 17.5 Å². The van der Waals surface area contributed by atoms with Crippen LogP contribution in [0, 0.1) is 0 Å². The summed E-state index contributed by atoms with van der Waals surface area (Å²) >= 11 is 3.52. The number of pyridine rings is 1. The Morgan fingerprint density at radius 1 is 1.42 bits per heavy atom. The molecule has 1 N–H and O–H groups in total. The molecule has 0 amide bonds. The Hall–Kier alpha value is -1.17. The molecule has 0 saturated carbocycles. The molecule has 0 bridgehead atoms. The van der Waals surface area contributed by atoms with Gasteiger partial charge in [-0.15, -0.1) is 17.9 Å². The van der Waals surface area contributed by atoms with Gasteiger partial charge in [0, 0.05) is 36.2 Å². The summed E-state index contributed by atoms with van der Waals surface area (Å²) in [6.07, 6.45) is 3.73. The summed E-state index contributed by atoms with van der Waals surface area (Å²) in [7, 11) is 0. The van der Waals surface area contributed by atoms with E-state index in [2.05, 4.69) is 27.2 Å². The van der Waals surface area contributed by atoms with Gasteiger partial charge in [0.15, 0.2) is 0 Å². The van der Waals surface area contributed by atoms with E-state index < -0.39 is 0 Å². The third-order valence-corrected chi connectivity index (χ3v) is 4.28. The van der Waals surface area contributed by atoms with Crippen molar-refractivity contribution in [2.24, 2.45) is 0 Å². The maximum Gasteiger partial charge on any atom is 0.142 e. The molecule has 2 rings (SSSR count). The van der Waals surface area contributed by atoms with Gasteiger partial charge in [-0.3, -0.25) is 4.98 Å². The number of hydrogen-bond donors (Lipinski definition) is 1. The molecule has 2 heterocycles. The molecule has 100 valence electrons. The predicted molar refractivity (Wildman–Crippen MR) is 84.6 cm³/mol. The van der Waals surface area contributed by atoms with Gasteiger partial charge >= 0.3 is 0 Å². The van der Waals surface area contributed by atoms with Crippen LogP contribution >= 0.6 is 23.1 Å². The zero-order valence-electron chi connectivity index (χ0n) is 10.7. The van der Waals surface area contributed by atoms with E-state index in [1.165, 1.54) is 0 Å². The van der Waals surface area contributed by atoms with Crippen LogP contribution in [-0.2, 0) is 6.54 Å². The smallest absolute Gasteiger partial charge is 0.142 e. The van der Waals surface area contributed by atoms with Gasteiger partial charge in [-0.1, -0.05) is 12.1 Å². The fourth-order valence-electron chi connectivity index (χ4n) is 1.52. The molecule has 5 heteroatoms. The summed E-state index contributed by atoms with van der Waals surface area (Å²) in [6, 6.07) is 5.89. The van der Waals surface area contributed by atoms with Gasteiger partial charge < -0.3 is 5.32 Å². The van der Waals surface area contributed by atoms with Crippen LogP contribution in [0.25, 0.3) is 10.7 Å². The molecule has 0 aliphatic carbocycles. The largest absolute Gasteiger partial charge is 0.310 e. The lowest BCUT2D eigenvalue weighted by Crippen LogP contribution is -2.16. The van der Waals surface area contributed by atoms with E-state index >= 15 is 0 Å². The standard InChI is InChI=1S/C14H17N3S2/c1-2-8-18-9-7-15-10-12-11-19-14(17-12)13-5-3-4-6-16-13/h2-6,11,15H,1,7-10H2. The zero-order chi connectivity index (χ0) is 13.3. The SMILES string of the molecule is C=CCSCCNCc1csc(-c2ccccn2)n1. The Labute approximate surface area is 122 Å². The van der Waals surface area contributed by atoms with Crippen LogP contribution in [-0.4, -0.2) is 28.0 Å². The summed E-state index contributed by atoms with van der Waals surface area (Å²) in [5, 5.41) is 6.47. The van der Waals surface area contributed by atoms with Crippen molar-refractivity contribution in [2.45, 2.75) is 6.54 Å². The highest BCUT2D eigenvalue weighted by Crippen LogP contribution is 2.21. The number of hydrogen-bond acceptors (Lipinski definition) is 5. The topological polar surface area (TPSA) is 37.8 Å². The molecule has 0 radical (unpaired) electrons. The number of aromatic nitrogens is 2. The van der Waals surface area contributed by atoms with Crippen LogP contribution < -0.4 is 5.32 Å². The minimum absolute atomic E-state index is 0.817. The molecule has 0 spiro atoms. The lowest BCUT2D eigenvalue weighted by molar-refractivity contribution is 0.719. The minimum Gasteiger partial charge on any atom is -0.310 e. The Morgan fingerprint density at radius 3 is 3.16 bits per heavy atom. The quantitative estimate of drug-likeness (QED) is 0.598. The molecule has 0 aliphatic rings. The third-order valence-electron chi connectivity index (χ3n) is 2.40. The van der Waals surface area contributed by atoms with Gasteiger partial charge in [-0.05, 0) is 12.1 Å². The van der Waals surface area contributed by atoms with Crippen molar-refractivity contribution >= 4 is 23.1 Å². The Morgan fingerprint density at radius 2 is 2.37 bits per heavy atom. The van der Waals surface area contributed by atoms with Gasteiger partial charge in [0.2, 0.25) is 0 Å². The highest BCUT2D eigenvalue weighted by Gasteiger charge is 2.04. The van der Waals surface area contributed by atoms with E-state index in [-0.39, 0.29) is 0 Å². The lowest BCUT2D eigenvalue weighted by Gasteiger charge is -2.01. The molecule has 0 aromatic carbocycles. The minimum atomic E-state index is 0.817. The van der Waals surface area contributed by atoms with Crippen molar-refractivity contribution in [1.82, 2.24) is 15.3 Å². The molecule has 0 aliphatic heterocycles. The van der Waals surface area contributed by atoms with Crippen LogP contribution in [0.15, 0.2) is 42.4 Å². The molecular formula is C14H17N3S2. The molecule has 0 unspecified atom stereocenters. The van der Waals surface area contributed by atoms with Crippen molar-refractivity contribution in [3.8, 4) is 10.7 Å². The molecule has 2 aromatic heterocycles. The van der Waals surface area contributed by atoms with Crippen molar-refractivity contribution in [1.29, 1.82) is 0 Å². The number of rotatable bonds is 8. The van der Waals surface area contributed by atoms with E-state index in [4.69, 9.17) is 0 Å². The molecule has 2 aromatic rings. The fraction of sp³-hybridized carbons (Fsp3) is 0.286. The average molecular weight is 291 g/mol. The number of thioether (sulfide) groups is 1. The molecule has 19 heavy (non-hydrogen) atoms. The van der Waals surface area contributed by atoms with Crippen LogP contribution in [0.5, 0.6) is 0 Å². The van der Waals surface area contributed by atoms with Crippen molar-refractivity contribution in [2.75, 3.05) is 18.1 Å². The maximum absolute atomic E-state index is 4.59. The molecule has 0 saturated heterocycles. The molecule has 0 atom stereocenters. The first kappa shape index (κ1) is 14.2. The summed E-state index contributed by atoms with van der Waals surface area (Å²) in [5.74, 6) is 2.12. The fourth-order valence-corrected chi connectivity index (χ4v) is 2.94. The first-order valence-electron chi connectivity index (χ1n) is 6.15. The maximum atomic E-state index is 4.59. The average Bonchev–Trinajstić information content (AvgIpc) is 2.92. The number of nitrogens with one attached hydrogen (secondary N) is 1. The second kappa shape index (κ2) is 8.09. The van der Waals surface area contributed by atoms with Crippen LogP contribution in [0.2, 0.25) is 0 Å². The molecular weight excluding hydrogens is 274 g/mol. The first-order valence-corrected chi connectivity index (χ1v) is 8.19. The van der Waals surface area contributed by atoms with Gasteiger partial charge in [0.25, 0.3) is 0 Å². The van der Waals surface area contributed by atoms with Gasteiger partial charge in [0.05, 0.1) is 11.4 Å². The van der Waals surface area contributed by atoms with Crippen molar-refractivity contribution in [3.05, 3.63) is 48.1 Å². The van der Waals surface area contributed by atoms with Crippen LogP contribution in [0.1, 0.15) is 5.69 Å². The summed E-state index contributed by atoms with van der Waals surface area (Å²) in [6.45, 7) is 5.51. The first-order chi connectivity index (χ1) is 9.40. The Bertz CT molecular complexity index is 496. The normalized spacial score (nSPS) is 10.5. The Balaban J connectivity index is 1.77. The third kappa shape index (κ3) is 4.78. The summed E-state index contributed by atoms with van der Waals surface area (Å²) in [5.41, 5.74) is 2.03. The number of thiazole rings is 1. The van der Waals surface area contributed by atoms with E-state index in [9.17, 15) is 0 Å². The van der Waals surface area contributed by atoms with Gasteiger partial charge in [-0.2, -0.15) is 11.8 Å². The summed E-state index contributed by atoms with van der Waals surface area (Å²) < 4.78 is 0. The highest BCUT2D eigenvalue weighted by molar-refractivity contribution is 7.99. The monoisotopic (exact) mass is 291 g/mol. The van der Waals surface area contributed by atoms with Gasteiger partial charge in [-0.25, -0.2) is 4.98 Å². The van der Waals surface area contributed by atoms with Crippen molar-refractivity contribution < 1.29 is 0 Å². The van der Waals surface area contributed by atoms with E-state index in [1.807, 2.05) is 36.0 Å². The number of nitrogens with zero attached hydrogens (tertiary/aromatic N) is 2. The highest BCUT2D eigenvalue weighted by atomic mass is 32.2. The molecule has 3 nitrogen and oxygen atoms in total.